The van der Waals surface area contributed by atoms with Crippen LogP contribution >= 0.6 is 0 Å². The average Bonchev–Trinajstić information content (AvgIpc) is 2.86. The normalized spacial score (nSPS) is 14.9. The van der Waals surface area contributed by atoms with E-state index in [1.807, 2.05) is 18.2 Å². The van der Waals surface area contributed by atoms with Gasteiger partial charge in [-0.2, -0.15) is 0 Å². The number of nitrogens with one attached hydrogen (secondary N) is 3. The van der Waals surface area contributed by atoms with E-state index in [1.54, 1.807) is 0 Å². The molecule has 1 aliphatic rings. The quantitative estimate of drug-likeness (QED) is 0.523. The fraction of sp³-hybridized carbons (Fsp3) is 0.200. The van der Waals surface area contributed by atoms with Crippen molar-refractivity contribution in [3.63, 3.8) is 0 Å². The van der Waals surface area contributed by atoms with E-state index >= 15 is 0 Å². The number of fused-ring (bicyclic) bond motifs is 1. The van der Waals surface area contributed by atoms with Crippen LogP contribution in [0.1, 0.15) is 0 Å². The van der Waals surface area contributed by atoms with Gasteiger partial charge in [-0.15, -0.1) is 0 Å². The molecule has 0 atom stereocenters. The molecule has 0 saturated carbocycles. The van der Waals surface area contributed by atoms with Gasteiger partial charge < -0.3 is 16.0 Å². The van der Waals surface area contributed by atoms with E-state index in [-0.39, 0.29) is 0 Å². The standard InChI is InChI=1S/C10H12N6/c11-6-1-2-7-8(5-6)15-10(14-7)16-9-12-3-4-13-9/h1-2,5H,3-4,11H2,(H3,12,13,14,15,16). The zero-order valence-electron chi connectivity index (χ0n) is 8.62. The SMILES string of the molecule is Nc1ccc2nc(NC3=NCCN3)[nH]c2c1. The van der Waals surface area contributed by atoms with Gasteiger partial charge in [0, 0.05) is 12.2 Å². The predicted octanol–water partition coefficient (Wildman–Crippen LogP) is 0.516. The Morgan fingerprint density at radius 1 is 1.38 bits per heavy atom. The molecule has 0 unspecified atom stereocenters. The Hall–Kier alpha value is -2.24. The molecular weight excluding hydrogens is 204 g/mol. The summed E-state index contributed by atoms with van der Waals surface area (Å²) in [6.07, 6.45) is 0. The summed E-state index contributed by atoms with van der Waals surface area (Å²) in [6, 6.07) is 5.58. The lowest BCUT2D eigenvalue weighted by Gasteiger charge is -2.01. The number of nitrogen functional groups attached to an aromatic ring is 1. The minimum Gasteiger partial charge on any atom is -0.399 e. The third kappa shape index (κ3) is 1.54. The number of aliphatic imine (C=N–C) groups is 1. The third-order valence-electron chi connectivity index (χ3n) is 2.42. The summed E-state index contributed by atoms with van der Waals surface area (Å²) >= 11 is 0. The van der Waals surface area contributed by atoms with Crippen molar-refractivity contribution in [2.45, 2.75) is 0 Å². The van der Waals surface area contributed by atoms with Crippen LogP contribution in [-0.4, -0.2) is 29.0 Å². The van der Waals surface area contributed by atoms with E-state index < -0.39 is 0 Å². The minimum absolute atomic E-state index is 0.675. The first kappa shape index (κ1) is 9.02. The fourth-order valence-corrected chi connectivity index (χ4v) is 1.68. The number of nitrogens with two attached hydrogens (primary N) is 1. The molecule has 16 heavy (non-hydrogen) atoms. The van der Waals surface area contributed by atoms with Crippen molar-refractivity contribution in [1.82, 2.24) is 15.3 Å². The van der Waals surface area contributed by atoms with Crippen molar-refractivity contribution in [2.75, 3.05) is 24.1 Å². The number of benzene rings is 1. The first-order chi connectivity index (χ1) is 7.81. The molecule has 5 N–H and O–H groups in total. The van der Waals surface area contributed by atoms with Crippen LogP contribution in [0.3, 0.4) is 0 Å². The molecule has 1 aromatic heterocycles. The average molecular weight is 216 g/mol. The molecule has 82 valence electrons. The van der Waals surface area contributed by atoms with Crippen LogP contribution in [0, 0.1) is 0 Å². The highest BCUT2D eigenvalue weighted by molar-refractivity contribution is 5.94. The zero-order chi connectivity index (χ0) is 11.0. The summed E-state index contributed by atoms with van der Waals surface area (Å²) in [6.45, 7) is 1.67. The summed E-state index contributed by atoms with van der Waals surface area (Å²) < 4.78 is 0. The molecule has 0 bridgehead atoms. The Kier molecular flexibility index (Phi) is 1.92. The number of rotatable bonds is 1. The second-order valence-electron chi connectivity index (χ2n) is 3.64. The van der Waals surface area contributed by atoms with Gasteiger partial charge in [0.05, 0.1) is 17.6 Å². The molecule has 1 aliphatic heterocycles. The number of guanidine groups is 1. The van der Waals surface area contributed by atoms with Crippen LogP contribution in [0.25, 0.3) is 11.0 Å². The van der Waals surface area contributed by atoms with Crippen molar-refractivity contribution in [2.24, 2.45) is 4.99 Å². The van der Waals surface area contributed by atoms with Crippen LogP contribution in [0.2, 0.25) is 0 Å². The van der Waals surface area contributed by atoms with E-state index in [4.69, 9.17) is 5.73 Å². The van der Waals surface area contributed by atoms with Crippen LogP contribution in [-0.2, 0) is 0 Å². The predicted molar refractivity (Wildman–Crippen MR) is 64.4 cm³/mol. The lowest BCUT2D eigenvalue weighted by atomic mass is 10.3. The van der Waals surface area contributed by atoms with E-state index in [0.717, 1.165) is 35.8 Å². The van der Waals surface area contributed by atoms with Crippen LogP contribution in [0.4, 0.5) is 11.6 Å². The second-order valence-corrected chi connectivity index (χ2v) is 3.64. The summed E-state index contributed by atoms with van der Waals surface area (Å²) in [5, 5.41) is 6.20. The number of anilines is 2. The first-order valence-electron chi connectivity index (χ1n) is 5.12. The Labute approximate surface area is 92.0 Å². The molecule has 0 saturated heterocycles. The summed E-state index contributed by atoms with van der Waals surface area (Å²) in [7, 11) is 0. The first-order valence-corrected chi connectivity index (χ1v) is 5.12. The van der Waals surface area contributed by atoms with Crippen molar-refractivity contribution >= 4 is 28.6 Å². The van der Waals surface area contributed by atoms with Gasteiger partial charge in [-0.05, 0) is 18.2 Å². The van der Waals surface area contributed by atoms with Gasteiger partial charge in [-0.1, -0.05) is 0 Å². The van der Waals surface area contributed by atoms with Crippen molar-refractivity contribution in [1.29, 1.82) is 0 Å². The Morgan fingerprint density at radius 3 is 3.12 bits per heavy atom. The highest BCUT2D eigenvalue weighted by atomic mass is 15.3. The van der Waals surface area contributed by atoms with Gasteiger partial charge in [0.25, 0.3) is 0 Å². The second kappa shape index (κ2) is 3.41. The largest absolute Gasteiger partial charge is 0.399 e. The number of aromatic amines is 1. The van der Waals surface area contributed by atoms with E-state index in [0.29, 0.717) is 5.95 Å². The minimum atomic E-state index is 0.675. The summed E-state index contributed by atoms with van der Waals surface area (Å²) in [5.41, 5.74) is 8.22. The molecule has 2 aromatic rings. The molecule has 6 heteroatoms. The molecule has 0 fully saturated rings. The molecule has 1 aromatic carbocycles. The maximum Gasteiger partial charge on any atom is 0.208 e. The van der Waals surface area contributed by atoms with Gasteiger partial charge in [0.2, 0.25) is 5.95 Å². The molecule has 3 rings (SSSR count). The van der Waals surface area contributed by atoms with E-state index in [9.17, 15) is 0 Å². The third-order valence-corrected chi connectivity index (χ3v) is 2.42. The van der Waals surface area contributed by atoms with E-state index in [1.165, 1.54) is 0 Å². The van der Waals surface area contributed by atoms with E-state index in [2.05, 4.69) is 25.6 Å². The Balaban J connectivity index is 1.92. The number of imidazole rings is 1. The highest BCUT2D eigenvalue weighted by Gasteiger charge is 2.08. The number of nitrogens with zero attached hydrogens (tertiary/aromatic N) is 2. The van der Waals surface area contributed by atoms with Crippen LogP contribution in [0.15, 0.2) is 23.2 Å². The van der Waals surface area contributed by atoms with Crippen LogP contribution < -0.4 is 16.4 Å². The fourth-order valence-electron chi connectivity index (χ4n) is 1.68. The topological polar surface area (TPSA) is 91.1 Å². The lowest BCUT2D eigenvalue weighted by Crippen LogP contribution is -2.26. The van der Waals surface area contributed by atoms with Gasteiger partial charge in [0.15, 0.2) is 5.96 Å². The highest BCUT2D eigenvalue weighted by Crippen LogP contribution is 2.16. The molecule has 0 spiro atoms. The molecule has 0 aliphatic carbocycles. The van der Waals surface area contributed by atoms with Gasteiger partial charge in [0.1, 0.15) is 0 Å². The Bertz CT molecular complexity index is 555. The van der Waals surface area contributed by atoms with Crippen molar-refractivity contribution in [3.05, 3.63) is 18.2 Å². The smallest absolute Gasteiger partial charge is 0.208 e. The Morgan fingerprint density at radius 2 is 2.31 bits per heavy atom. The number of aromatic nitrogens is 2. The summed E-state index contributed by atoms with van der Waals surface area (Å²) in [4.78, 5) is 11.7. The van der Waals surface area contributed by atoms with Gasteiger partial charge >= 0.3 is 0 Å². The zero-order valence-corrected chi connectivity index (χ0v) is 8.62. The molecular formula is C10H12N6. The van der Waals surface area contributed by atoms with Crippen LogP contribution in [0.5, 0.6) is 0 Å². The molecule has 0 radical (unpaired) electrons. The van der Waals surface area contributed by atoms with Crippen molar-refractivity contribution < 1.29 is 0 Å². The number of hydrogen-bond acceptors (Lipinski definition) is 5. The summed E-state index contributed by atoms with van der Waals surface area (Å²) in [5.74, 6) is 1.43. The van der Waals surface area contributed by atoms with Gasteiger partial charge in [-0.3, -0.25) is 10.3 Å². The van der Waals surface area contributed by atoms with Gasteiger partial charge in [-0.25, -0.2) is 4.98 Å². The number of hydrogen-bond donors (Lipinski definition) is 4. The lowest BCUT2D eigenvalue weighted by molar-refractivity contribution is 0.958. The maximum atomic E-state index is 5.69. The van der Waals surface area contributed by atoms with Crippen molar-refractivity contribution in [3.8, 4) is 0 Å². The molecule has 2 heterocycles. The molecule has 0 amide bonds. The monoisotopic (exact) mass is 216 g/mol. The maximum absolute atomic E-state index is 5.69. The number of H-pyrrole nitrogens is 1. The molecule has 6 nitrogen and oxygen atoms in total.